The summed E-state index contributed by atoms with van der Waals surface area (Å²) in [5, 5.41) is 4.33. The number of nitrogens with zero attached hydrogens (tertiary/aromatic N) is 3. The fraction of sp³-hybridized carbons (Fsp3) is 0.333. The second-order valence-electron chi connectivity index (χ2n) is 7.13. The van der Waals surface area contributed by atoms with E-state index in [1.165, 1.54) is 4.88 Å². The van der Waals surface area contributed by atoms with Gasteiger partial charge in [0.1, 0.15) is 5.58 Å². The third kappa shape index (κ3) is 3.10. The number of aryl methyl sites for hydroxylation is 1. The van der Waals surface area contributed by atoms with Crippen LogP contribution in [0, 0.1) is 0 Å². The summed E-state index contributed by atoms with van der Waals surface area (Å²) < 4.78 is 7.67. The Hall–Kier alpha value is -2.64. The largest absolute Gasteiger partial charge is 0.422 e. The minimum Gasteiger partial charge on any atom is -0.422 e. The first-order valence-electron chi connectivity index (χ1n) is 9.72. The molecule has 3 aromatic heterocycles. The number of hydrogen-bond donors (Lipinski definition) is 1. The van der Waals surface area contributed by atoms with Crippen molar-refractivity contribution >= 4 is 33.0 Å². The zero-order valence-corrected chi connectivity index (χ0v) is 16.6. The lowest BCUT2D eigenvalue weighted by Crippen LogP contribution is -2.27. The van der Waals surface area contributed by atoms with E-state index < -0.39 is 0 Å². The number of fused-ring (bicyclic) bond motifs is 2. The third-order valence-electron chi connectivity index (χ3n) is 5.25. The molecule has 0 amide bonds. The Kier molecular flexibility index (Phi) is 4.41. The number of aromatic nitrogens is 2. The van der Waals surface area contributed by atoms with Crippen LogP contribution in [0.15, 0.2) is 45.9 Å². The van der Waals surface area contributed by atoms with Gasteiger partial charge < -0.3 is 14.6 Å². The van der Waals surface area contributed by atoms with Gasteiger partial charge in [-0.3, -0.25) is 4.40 Å². The first-order chi connectivity index (χ1) is 13.7. The summed E-state index contributed by atoms with van der Waals surface area (Å²) in [6, 6.07) is 8.01. The minimum atomic E-state index is -0.344. The molecule has 0 unspecified atom stereocenters. The van der Waals surface area contributed by atoms with E-state index in [1.54, 1.807) is 11.3 Å². The van der Waals surface area contributed by atoms with Crippen molar-refractivity contribution in [2.75, 3.05) is 31.1 Å². The highest BCUT2D eigenvalue weighted by molar-refractivity contribution is 7.17. The highest BCUT2D eigenvalue weighted by Crippen LogP contribution is 2.27. The fourth-order valence-electron chi connectivity index (χ4n) is 3.72. The smallest absolute Gasteiger partial charge is 0.345 e. The number of rotatable bonds is 3. The molecule has 1 aliphatic heterocycles. The molecule has 5 rings (SSSR count). The molecule has 144 valence electrons. The highest BCUT2D eigenvalue weighted by Gasteiger charge is 2.15. The van der Waals surface area contributed by atoms with Crippen molar-refractivity contribution < 1.29 is 4.42 Å². The summed E-state index contributed by atoms with van der Waals surface area (Å²) in [5.41, 5.74) is 2.54. The van der Waals surface area contributed by atoms with E-state index in [2.05, 4.69) is 34.4 Å². The Morgan fingerprint density at radius 1 is 1.21 bits per heavy atom. The van der Waals surface area contributed by atoms with Crippen molar-refractivity contribution in [2.45, 2.75) is 19.8 Å². The number of thiazole rings is 1. The predicted octanol–water partition coefficient (Wildman–Crippen LogP) is 3.53. The molecule has 6 nitrogen and oxygen atoms in total. The van der Waals surface area contributed by atoms with E-state index in [1.807, 2.05) is 28.8 Å². The number of benzene rings is 1. The van der Waals surface area contributed by atoms with Gasteiger partial charge in [-0.1, -0.05) is 6.92 Å². The van der Waals surface area contributed by atoms with Gasteiger partial charge in [0.2, 0.25) is 0 Å². The average Bonchev–Trinajstić information content (AvgIpc) is 3.14. The summed E-state index contributed by atoms with van der Waals surface area (Å²) in [5.74, 6) is 0. The number of nitrogens with one attached hydrogen (secondary N) is 1. The Bertz CT molecular complexity index is 1170. The van der Waals surface area contributed by atoms with Crippen LogP contribution in [-0.4, -0.2) is 35.6 Å². The van der Waals surface area contributed by atoms with Gasteiger partial charge in [-0.2, -0.15) is 0 Å². The second kappa shape index (κ2) is 7.07. The van der Waals surface area contributed by atoms with Gasteiger partial charge in [0.25, 0.3) is 0 Å². The first-order valence-corrected chi connectivity index (χ1v) is 10.5. The minimum absolute atomic E-state index is 0.344. The molecule has 1 fully saturated rings. The zero-order valence-electron chi connectivity index (χ0n) is 15.8. The second-order valence-corrected chi connectivity index (χ2v) is 8.22. The van der Waals surface area contributed by atoms with Crippen LogP contribution in [0.2, 0.25) is 0 Å². The van der Waals surface area contributed by atoms with Crippen molar-refractivity contribution in [3.63, 3.8) is 0 Å². The lowest BCUT2D eigenvalue weighted by molar-refractivity contribution is 0.563. The van der Waals surface area contributed by atoms with Crippen molar-refractivity contribution in [1.82, 2.24) is 14.7 Å². The van der Waals surface area contributed by atoms with Gasteiger partial charge in [-0.15, -0.1) is 11.3 Å². The van der Waals surface area contributed by atoms with Gasteiger partial charge in [0.15, 0.2) is 4.96 Å². The fourth-order valence-corrected chi connectivity index (χ4v) is 4.62. The Morgan fingerprint density at radius 2 is 2.14 bits per heavy atom. The molecular weight excluding hydrogens is 372 g/mol. The van der Waals surface area contributed by atoms with E-state index in [0.29, 0.717) is 16.8 Å². The molecular formula is C21H22N4O2S. The highest BCUT2D eigenvalue weighted by atomic mass is 32.1. The third-order valence-corrected chi connectivity index (χ3v) is 6.39. The SMILES string of the molecule is CCc1cn2cc(-c3cc4ccc(N5CCCNCC5)cc4oc3=O)nc2s1. The molecule has 0 radical (unpaired) electrons. The summed E-state index contributed by atoms with van der Waals surface area (Å²) in [6.07, 6.45) is 6.07. The summed E-state index contributed by atoms with van der Waals surface area (Å²) in [7, 11) is 0. The lowest BCUT2D eigenvalue weighted by Gasteiger charge is -2.22. The molecule has 0 bridgehead atoms. The summed E-state index contributed by atoms with van der Waals surface area (Å²) >= 11 is 1.65. The maximum absolute atomic E-state index is 12.7. The predicted molar refractivity (Wildman–Crippen MR) is 114 cm³/mol. The van der Waals surface area contributed by atoms with Crippen LogP contribution >= 0.6 is 11.3 Å². The van der Waals surface area contributed by atoms with E-state index in [9.17, 15) is 4.79 Å². The van der Waals surface area contributed by atoms with Crippen molar-refractivity contribution in [3.05, 3.63) is 52.0 Å². The van der Waals surface area contributed by atoms with Crippen LogP contribution in [0.1, 0.15) is 18.2 Å². The molecule has 1 aliphatic rings. The van der Waals surface area contributed by atoms with Crippen LogP contribution in [0.25, 0.3) is 27.2 Å². The van der Waals surface area contributed by atoms with Crippen molar-refractivity contribution in [1.29, 1.82) is 0 Å². The molecule has 0 atom stereocenters. The van der Waals surface area contributed by atoms with Crippen LogP contribution < -0.4 is 15.8 Å². The van der Waals surface area contributed by atoms with Crippen LogP contribution in [0.5, 0.6) is 0 Å². The molecule has 28 heavy (non-hydrogen) atoms. The van der Waals surface area contributed by atoms with Crippen molar-refractivity contribution in [2.24, 2.45) is 0 Å². The maximum atomic E-state index is 12.7. The molecule has 1 aromatic carbocycles. The quantitative estimate of drug-likeness (QED) is 0.539. The maximum Gasteiger partial charge on any atom is 0.345 e. The molecule has 0 spiro atoms. The molecule has 1 saturated heterocycles. The van der Waals surface area contributed by atoms with Crippen LogP contribution in [-0.2, 0) is 6.42 Å². The van der Waals surface area contributed by atoms with Crippen molar-refractivity contribution in [3.8, 4) is 11.3 Å². The number of hydrogen-bond acceptors (Lipinski definition) is 6. The zero-order chi connectivity index (χ0) is 19.1. The molecule has 1 N–H and O–H groups in total. The molecule has 4 aromatic rings. The van der Waals surface area contributed by atoms with Crippen LogP contribution in [0.3, 0.4) is 0 Å². The Balaban J connectivity index is 1.53. The van der Waals surface area contributed by atoms with Gasteiger partial charge in [-0.25, -0.2) is 9.78 Å². The van der Waals surface area contributed by atoms with Gasteiger partial charge in [0.05, 0.1) is 11.3 Å². The standard InChI is InChI=1S/C21H22N4O2S/c1-2-16-12-25-13-18(23-21(25)28-16)17-10-14-4-5-15(11-19(14)27-20(17)26)24-8-3-6-22-7-9-24/h4-5,10-13,22H,2-3,6-9H2,1H3. The number of imidazole rings is 1. The Labute approximate surface area is 166 Å². The molecule has 4 heterocycles. The van der Waals surface area contributed by atoms with Gasteiger partial charge in [-0.05, 0) is 37.6 Å². The lowest BCUT2D eigenvalue weighted by atomic mass is 10.1. The molecule has 0 aliphatic carbocycles. The Morgan fingerprint density at radius 3 is 3.00 bits per heavy atom. The van der Waals surface area contributed by atoms with Gasteiger partial charge in [0, 0.05) is 54.0 Å². The number of anilines is 1. The monoisotopic (exact) mass is 394 g/mol. The van der Waals surface area contributed by atoms with E-state index >= 15 is 0 Å². The average molecular weight is 395 g/mol. The topological polar surface area (TPSA) is 62.8 Å². The molecule has 7 heteroatoms. The van der Waals surface area contributed by atoms with E-state index in [-0.39, 0.29) is 5.63 Å². The van der Waals surface area contributed by atoms with E-state index in [4.69, 9.17) is 4.42 Å². The summed E-state index contributed by atoms with van der Waals surface area (Å²) in [6.45, 7) is 6.11. The molecule has 0 saturated carbocycles. The summed E-state index contributed by atoms with van der Waals surface area (Å²) in [4.78, 5) is 21.8. The first kappa shape index (κ1) is 17.5. The normalized spacial score (nSPS) is 15.4. The van der Waals surface area contributed by atoms with Crippen LogP contribution in [0.4, 0.5) is 5.69 Å². The van der Waals surface area contributed by atoms with Gasteiger partial charge >= 0.3 is 5.63 Å². The van der Waals surface area contributed by atoms with E-state index in [0.717, 1.165) is 55.1 Å².